The van der Waals surface area contributed by atoms with E-state index in [9.17, 15) is 31.2 Å². The Morgan fingerprint density at radius 2 is 1.87 bits per heavy atom. The van der Waals surface area contributed by atoms with Crippen LogP contribution in [0.25, 0.3) is 0 Å². The number of nitrogens with zero attached hydrogens (tertiary/aromatic N) is 1. The summed E-state index contributed by atoms with van der Waals surface area (Å²) in [5.74, 6) is -2.46. The molecule has 1 heterocycles. The lowest BCUT2D eigenvalue weighted by molar-refractivity contribution is -0.169. The van der Waals surface area contributed by atoms with Crippen molar-refractivity contribution >= 4 is 21.9 Å². The van der Waals surface area contributed by atoms with Gasteiger partial charge in [-0.1, -0.05) is 12.2 Å². The first-order chi connectivity index (χ1) is 14.0. The van der Waals surface area contributed by atoms with E-state index in [-0.39, 0.29) is 42.1 Å². The smallest absolute Gasteiger partial charge is 0.491 e. The third-order valence-corrected chi connectivity index (χ3v) is 5.12. The fourth-order valence-electron chi connectivity index (χ4n) is 2.88. The minimum Gasteiger partial charge on any atom is -0.491 e. The second-order valence-electron chi connectivity index (χ2n) is 6.20. The van der Waals surface area contributed by atoms with Gasteiger partial charge in [0, 0.05) is 12.2 Å². The molecule has 0 spiro atoms. The van der Waals surface area contributed by atoms with E-state index >= 15 is 0 Å². The van der Waals surface area contributed by atoms with Crippen molar-refractivity contribution in [2.24, 2.45) is 0 Å². The number of halogens is 3. The van der Waals surface area contributed by atoms with E-state index < -0.39 is 32.5 Å². The standard InChI is InChI=1S/C18H16F3NO7S/c1-2-27-6-7-28-12-8-11-4-3-5-13-14(9-11)15(10-12)17(24)22(16(13)23)29-30(25,26)18(19,20)21/h3-5,8,10H,2,6-7,9H2,1H3. The molecule has 0 saturated heterocycles. The molecular formula is C18H16F3NO7S. The van der Waals surface area contributed by atoms with Crippen LogP contribution in [0, 0.1) is 0 Å². The van der Waals surface area contributed by atoms with Crippen LogP contribution in [0.15, 0.2) is 58.4 Å². The van der Waals surface area contributed by atoms with Crippen molar-refractivity contribution in [3.05, 3.63) is 58.4 Å². The van der Waals surface area contributed by atoms with Gasteiger partial charge in [-0.05, 0) is 42.7 Å². The van der Waals surface area contributed by atoms with Crippen LogP contribution in [0.1, 0.15) is 13.3 Å². The number of alkyl halides is 3. The van der Waals surface area contributed by atoms with Crippen LogP contribution in [0.2, 0.25) is 0 Å². The molecule has 2 aliphatic carbocycles. The maximum absolute atomic E-state index is 12.7. The Bertz CT molecular complexity index is 1030. The van der Waals surface area contributed by atoms with E-state index in [1.54, 1.807) is 19.1 Å². The Morgan fingerprint density at radius 3 is 2.53 bits per heavy atom. The van der Waals surface area contributed by atoms with Crippen LogP contribution in [-0.4, -0.2) is 50.6 Å². The Labute approximate surface area is 169 Å². The van der Waals surface area contributed by atoms with Gasteiger partial charge in [-0.25, -0.2) is 0 Å². The Morgan fingerprint density at radius 1 is 1.13 bits per heavy atom. The molecule has 2 amide bonds. The highest BCUT2D eigenvalue weighted by molar-refractivity contribution is 7.87. The van der Waals surface area contributed by atoms with Crippen LogP contribution in [0.5, 0.6) is 0 Å². The quantitative estimate of drug-likeness (QED) is 0.335. The summed E-state index contributed by atoms with van der Waals surface area (Å²) < 4.78 is 75.4. The number of hydroxylamine groups is 2. The number of amides is 2. The fraction of sp³-hybridized carbons (Fsp3) is 0.333. The molecule has 0 saturated carbocycles. The molecule has 0 aromatic carbocycles. The van der Waals surface area contributed by atoms with E-state index in [0.29, 0.717) is 12.2 Å². The molecule has 0 N–H and O–H groups in total. The largest absolute Gasteiger partial charge is 0.525 e. The van der Waals surface area contributed by atoms with E-state index in [2.05, 4.69) is 4.28 Å². The van der Waals surface area contributed by atoms with Crippen LogP contribution in [0.4, 0.5) is 13.2 Å². The molecule has 162 valence electrons. The van der Waals surface area contributed by atoms with Crippen molar-refractivity contribution in [3.8, 4) is 0 Å². The Balaban J connectivity index is 2.00. The average molecular weight is 447 g/mol. The van der Waals surface area contributed by atoms with Gasteiger partial charge < -0.3 is 9.47 Å². The molecule has 0 radical (unpaired) electrons. The number of fused-ring (bicyclic) bond motifs is 1. The van der Waals surface area contributed by atoms with Gasteiger partial charge in [0.15, 0.2) is 0 Å². The van der Waals surface area contributed by atoms with Gasteiger partial charge >= 0.3 is 15.6 Å². The van der Waals surface area contributed by atoms with Crippen LogP contribution < -0.4 is 0 Å². The number of imide groups is 1. The highest BCUT2D eigenvalue weighted by Crippen LogP contribution is 2.37. The van der Waals surface area contributed by atoms with Gasteiger partial charge in [0.05, 0.1) is 12.2 Å². The lowest BCUT2D eigenvalue weighted by atomic mass is 9.91. The number of carbonyl (C=O) groups excluding carboxylic acids is 2. The summed E-state index contributed by atoms with van der Waals surface area (Å²) in [4.78, 5) is 25.3. The van der Waals surface area contributed by atoms with Gasteiger partial charge in [-0.3, -0.25) is 9.59 Å². The molecule has 3 rings (SSSR count). The predicted molar refractivity (Wildman–Crippen MR) is 95.4 cm³/mol. The first kappa shape index (κ1) is 22.0. The maximum Gasteiger partial charge on any atom is 0.525 e. The van der Waals surface area contributed by atoms with Gasteiger partial charge in [0.1, 0.15) is 12.4 Å². The van der Waals surface area contributed by atoms with Gasteiger partial charge in [0.2, 0.25) is 0 Å². The second-order valence-corrected chi connectivity index (χ2v) is 7.72. The summed E-state index contributed by atoms with van der Waals surface area (Å²) in [7, 11) is -6.24. The summed E-state index contributed by atoms with van der Waals surface area (Å²) in [6.07, 6.45) is 7.31. The molecule has 3 aliphatic rings. The van der Waals surface area contributed by atoms with Crippen LogP contribution >= 0.6 is 0 Å². The zero-order valence-electron chi connectivity index (χ0n) is 15.6. The SMILES string of the molecule is CCOCCOC1=CC2=C3CC(=C1)C=CC=C3C(=O)N(OS(=O)(=O)C(F)(F)F)C2=O. The molecular weight excluding hydrogens is 431 g/mol. The van der Waals surface area contributed by atoms with E-state index in [0.717, 1.165) is 0 Å². The first-order valence-corrected chi connectivity index (χ1v) is 10.1. The summed E-state index contributed by atoms with van der Waals surface area (Å²) in [5, 5.41) is -0.397. The number of rotatable bonds is 7. The van der Waals surface area contributed by atoms with Gasteiger partial charge in [-0.15, -0.1) is 9.35 Å². The van der Waals surface area contributed by atoms with Crippen LogP contribution in [0.3, 0.4) is 0 Å². The molecule has 1 aliphatic heterocycles. The maximum atomic E-state index is 12.7. The van der Waals surface area contributed by atoms with Crippen molar-refractivity contribution in [3.63, 3.8) is 0 Å². The minimum absolute atomic E-state index is 0.115. The van der Waals surface area contributed by atoms with Crippen molar-refractivity contribution < 1.29 is 44.9 Å². The van der Waals surface area contributed by atoms with Crippen molar-refractivity contribution in [1.82, 2.24) is 5.06 Å². The van der Waals surface area contributed by atoms with E-state index in [4.69, 9.17) is 9.47 Å². The lowest BCUT2D eigenvalue weighted by Crippen LogP contribution is -2.46. The number of hydrogen-bond acceptors (Lipinski definition) is 7. The highest BCUT2D eigenvalue weighted by atomic mass is 32.2. The molecule has 2 bridgehead atoms. The Hall–Kier alpha value is -2.70. The predicted octanol–water partition coefficient (Wildman–Crippen LogP) is 2.20. The second kappa shape index (κ2) is 8.20. The lowest BCUT2D eigenvalue weighted by Gasteiger charge is -2.27. The monoisotopic (exact) mass is 447 g/mol. The van der Waals surface area contributed by atoms with Gasteiger partial charge in [0.25, 0.3) is 11.8 Å². The molecule has 0 aromatic heterocycles. The van der Waals surface area contributed by atoms with Crippen molar-refractivity contribution in [2.75, 3.05) is 19.8 Å². The zero-order chi connectivity index (χ0) is 22.1. The van der Waals surface area contributed by atoms with Crippen molar-refractivity contribution in [1.29, 1.82) is 0 Å². The molecule has 30 heavy (non-hydrogen) atoms. The third-order valence-electron chi connectivity index (χ3n) is 4.20. The van der Waals surface area contributed by atoms with Crippen molar-refractivity contribution in [2.45, 2.75) is 18.9 Å². The highest BCUT2D eigenvalue weighted by Gasteiger charge is 2.52. The number of ether oxygens (including phenoxy) is 2. The first-order valence-electron chi connectivity index (χ1n) is 8.69. The van der Waals surface area contributed by atoms with E-state index in [1.807, 2.05) is 0 Å². The molecule has 12 heteroatoms. The summed E-state index contributed by atoms with van der Waals surface area (Å²) in [6, 6.07) is 0. The fourth-order valence-corrected chi connectivity index (χ4v) is 3.29. The topological polar surface area (TPSA) is 99.2 Å². The van der Waals surface area contributed by atoms with E-state index in [1.165, 1.54) is 18.2 Å². The normalized spacial score (nSPS) is 19.2. The molecule has 0 aromatic rings. The number of carbonyl (C=O) groups is 2. The molecule has 8 nitrogen and oxygen atoms in total. The third kappa shape index (κ3) is 4.25. The summed E-state index contributed by atoms with van der Waals surface area (Å²) in [6.45, 7) is 2.66. The minimum atomic E-state index is -6.24. The molecule has 0 unspecified atom stereocenters. The average Bonchev–Trinajstić information content (AvgIpc) is 2.98. The molecule has 0 fully saturated rings. The van der Waals surface area contributed by atoms with Crippen LogP contribution in [-0.2, 0) is 33.5 Å². The summed E-state index contributed by atoms with van der Waals surface area (Å²) >= 11 is 0. The number of allylic oxidation sites excluding steroid dienone is 5. The Kier molecular flexibility index (Phi) is 6.01. The summed E-state index contributed by atoms with van der Waals surface area (Å²) in [5.41, 5.74) is -5.28. The number of hydrogen-bond donors (Lipinski definition) is 0. The van der Waals surface area contributed by atoms with Gasteiger partial charge in [-0.2, -0.15) is 21.6 Å². The zero-order valence-corrected chi connectivity index (χ0v) is 16.4. The molecule has 0 atom stereocenters.